The molecule has 1 aliphatic heterocycles. The Morgan fingerprint density at radius 2 is 1.80 bits per heavy atom. The van der Waals surface area contributed by atoms with Crippen molar-refractivity contribution in [3.05, 3.63) is 29.6 Å². The van der Waals surface area contributed by atoms with Gasteiger partial charge in [0.2, 0.25) is 0 Å². The third-order valence-electron chi connectivity index (χ3n) is 3.83. The second-order valence-electron chi connectivity index (χ2n) is 6.18. The maximum atomic E-state index is 14.2. The van der Waals surface area contributed by atoms with E-state index in [0.717, 1.165) is 38.3 Å². The summed E-state index contributed by atoms with van der Waals surface area (Å²) in [5, 5.41) is 0. The molecule has 0 amide bonds. The number of hydrogen-bond donors (Lipinski definition) is 1. The van der Waals surface area contributed by atoms with Gasteiger partial charge in [0.05, 0.1) is 5.69 Å². The highest BCUT2D eigenvalue weighted by molar-refractivity contribution is 5.50. The van der Waals surface area contributed by atoms with Crippen molar-refractivity contribution in [3.8, 4) is 0 Å². The Hall–Kier alpha value is -1.13. The molecule has 0 bridgehead atoms. The van der Waals surface area contributed by atoms with Crippen molar-refractivity contribution >= 4 is 5.69 Å². The van der Waals surface area contributed by atoms with E-state index in [9.17, 15) is 4.39 Å². The Bertz CT molecular complexity index is 437. The predicted molar refractivity (Wildman–Crippen MR) is 82.5 cm³/mol. The molecule has 0 aromatic heterocycles. The van der Waals surface area contributed by atoms with Crippen molar-refractivity contribution in [1.29, 1.82) is 0 Å². The SMILES string of the molecule is CC(C)CN1CCN(c2ccc([C@H](C)N)cc2F)CC1. The maximum absolute atomic E-state index is 14.2. The van der Waals surface area contributed by atoms with Gasteiger partial charge >= 0.3 is 0 Å². The Labute approximate surface area is 121 Å². The van der Waals surface area contributed by atoms with Crippen LogP contribution in [0.1, 0.15) is 32.4 Å². The minimum absolute atomic E-state index is 0.124. The predicted octanol–water partition coefficient (Wildman–Crippen LogP) is 2.62. The summed E-state index contributed by atoms with van der Waals surface area (Å²) in [6, 6.07) is 5.25. The van der Waals surface area contributed by atoms with Crippen LogP contribution in [0.4, 0.5) is 10.1 Å². The third kappa shape index (κ3) is 3.70. The molecule has 1 saturated heterocycles. The highest BCUT2D eigenvalue weighted by atomic mass is 19.1. The molecule has 0 unspecified atom stereocenters. The molecule has 0 spiro atoms. The topological polar surface area (TPSA) is 32.5 Å². The molecule has 112 valence electrons. The lowest BCUT2D eigenvalue weighted by molar-refractivity contribution is 0.231. The second-order valence-corrected chi connectivity index (χ2v) is 6.18. The van der Waals surface area contributed by atoms with E-state index in [0.29, 0.717) is 11.6 Å². The van der Waals surface area contributed by atoms with Gasteiger partial charge in [-0.1, -0.05) is 19.9 Å². The van der Waals surface area contributed by atoms with E-state index in [-0.39, 0.29) is 11.9 Å². The Kier molecular flexibility index (Phi) is 5.00. The molecule has 1 aliphatic rings. The standard InChI is InChI=1S/C16H26FN3/c1-12(2)11-19-6-8-20(9-7-19)16-5-4-14(13(3)18)10-15(16)17/h4-5,10,12-13H,6-9,11,18H2,1-3H3/t13-/m0/s1. The van der Waals surface area contributed by atoms with E-state index in [2.05, 4.69) is 23.6 Å². The first-order valence-corrected chi connectivity index (χ1v) is 7.49. The fraction of sp³-hybridized carbons (Fsp3) is 0.625. The zero-order valence-electron chi connectivity index (χ0n) is 12.8. The number of anilines is 1. The lowest BCUT2D eigenvalue weighted by atomic mass is 10.1. The van der Waals surface area contributed by atoms with Gasteiger partial charge in [0.1, 0.15) is 5.82 Å². The van der Waals surface area contributed by atoms with E-state index in [1.54, 1.807) is 6.07 Å². The number of rotatable bonds is 4. The van der Waals surface area contributed by atoms with Crippen LogP contribution < -0.4 is 10.6 Å². The van der Waals surface area contributed by atoms with Gasteiger partial charge in [0.15, 0.2) is 0 Å². The number of benzene rings is 1. The average Bonchev–Trinajstić information content (AvgIpc) is 2.39. The Morgan fingerprint density at radius 3 is 2.30 bits per heavy atom. The molecule has 3 nitrogen and oxygen atoms in total. The lowest BCUT2D eigenvalue weighted by Gasteiger charge is -2.37. The monoisotopic (exact) mass is 279 g/mol. The van der Waals surface area contributed by atoms with Crippen molar-refractivity contribution in [2.75, 3.05) is 37.6 Å². The van der Waals surface area contributed by atoms with Crippen molar-refractivity contribution in [1.82, 2.24) is 4.90 Å². The van der Waals surface area contributed by atoms with E-state index in [1.807, 2.05) is 19.1 Å². The van der Waals surface area contributed by atoms with Gasteiger partial charge in [-0.05, 0) is 30.5 Å². The average molecular weight is 279 g/mol. The van der Waals surface area contributed by atoms with Gasteiger partial charge < -0.3 is 10.6 Å². The van der Waals surface area contributed by atoms with E-state index in [4.69, 9.17) is 5.73 Å². The summed E-state index contributed by atoms with van der Waals surface area (Å²) < 4.78 is 14.2. The van der Waals surface area contributed by atoms with Crippen LogP contribution in [0.3, 0.4) is 0 Å². The Morgan fingerprint density at radius 1 is 1.15 bits per heavy atom. The third-order valence-corrected chi connectivity index (χ3v) is 3.83. The van der Waals surface area contributed by atoms with Crippen LogP contribution in [0.15, 0.2) is 18.2 Å². The number of nitrogens with two attached hydrogens (primary N) is 1. The minimum Gasteiger partial charge on any atom is -0.367 e. The van der Waals surface area contributed by atoms with Crippen LogP contribution in [0.5, 0.6) is 0 Å². The minimum atomic E-state index is -0.155. The quantitative estimate of drug-likeness (QED) is 0.919. The first kappa shape index (κ1) is 15.3. The molecule has 1 fully saturated rings. The summed E-state index contributed by atoms with van der Waals surface area (Å²) in [7, 11) is 0. The van der Waals surface area contributed by atoms with Crippen LogP contribution in [0, 0.1) is 11.7 Å². The number of piperazine rings is 1. The molecule has 0 aliphatic carbocycles. The van der Waals surface area contributed by atoms with Crippen molar-refractivity contribution < 1.29 is 4.39 Å². The molecule has 2 N–H and O–H groups in total. The van der Waals surface area contributed by atoms with Gasteiger partial charge in [-0.25, -0.2) is 4.39 Å². The number of hydrogen-bond acceptors (Lipinski definition) is 3. The van der Waals surface area contributed by atoms with Crippen LogP contribution in [-0.4, -0.2) is 37.6 Å². The molecule has 1 atom stereocenters. The van der Waals surface area contributed by atoms with Gasteiger partial charge in [0.25, 0.3) is 0 Å². The molecule has 1 heterocycles. The molecule has 20 heavy (non-hydrogen) atoms. The van der Waals surface area contributed by atoms with Gasteiger partial charge in [-0.15, -0.1) is 0 Å². The molecule has 1 aromatic carbocycles. The molecule has 0 saturated carbocycles. The van der Waals surface area contributed by atoms with Crippen LogP contribution >= 0.6 is 0 Å². The summed E-state index contributed by atoms with van der Waals surface area (Å²) in [6.45, 7) is 11.3. The molecular formula is C16H26FN3. The van der Waals surface area contributed by atoms with Crippen LogP contribution in [0.25, 0.3) is 0 Å². The second kappa shape index (κ2) is 6.55. The summed E-state index contributed by atoms with van der Waals surface area (Å²) in [4.78, 5) is 4.59. The zero-order chi connectivity index (χ0) is 14.7. The molecule has 0 radical (unpaired) electrons. The fourth-order valence-electron chi connectivity index (χ4n) is 2.75. The largest absolute Gasteiger partial charge is 0.367 e. The van der Waals surface area contributed by atoms with Gasteiger partial charge in [-0.3, -0.25) is 4.90 Å². The maximum Gasteiger partial charge on any atom is 0.146 e. The summed E-state index contributed by atoms with van der Waals surface area (Å²) in [5.74, 6) is 0.528. The van der Waals surface area contributed by atoms with E-state index < -0.39 is 0 Å². The fourth-order valence-corrected chi connectivity index (χ4v) is 2.75. The first-order valence-electron chi connectivity index (χ1n) is 7.49. The van der Waals surface area contributed by atoms with Gasteiger partial charge in [0, 0.05) is 38.8 Å². The lowest BCUT2D eigenvalue weighted by Crippen LogP contribution is -2.47. The zero-order valence-corrected chi connectivity index (χ0v) is 12.8. The summed E-state index contributed by atoms with van der Waals surface area (Å²) in [5.41, 5.74) is 7.35. The van der Waals surface area contributed by atoms with Crippen molar-refractivity contribution in [3.63, 3.8) is 0 Å². The van der Waals surface area contributed by atoms with Crippen LogP contribution in [-0.2, 0) is 0 Å². The molecule has 2 rings (SSSR count). The molecule has 4 heteroatoms. The normalized spacial score (nSPS) is 18.6. The smallest absolute Gasteiger partial charge is 0.146 e. The highest BCUT2D eigenvalue weighted by Crippen LogP contribution is 2.24. The number of nitrogens with zero attached hydrogens (tertiary/aromatic N) is 2. The van der Waals surface area contributed by atoms with E-state index in [1.165, 1.54) is 0 Å². The summed E-state index contributed by atoms with van der Waals surface area (Å²) in [6.07, 6.45) is 0. The highest BCUT2D eigenvalue weighted by Gasteiger charge is 2.20. The summed E-state index contributed by atoms with van der Waals surface area (Å²) >= 11 is 0. The molecule has 1 aromatic rings. The van der Waals surface area contributed by atoms with Gasteiger partial charge in [-0.2, -0.15) is 0 Å². The van der Waals surface area contributed by atoms with Crippen molar-refractivity contribution in [2.24, 2.45) is 11.7 Å². The Balaban J connectivity index is 2.00. The van der Waals surface area contributed by atoms with Crippen molar-refractivity contribution in [2.45, 2.75) is 26.8 Å². The van der Waals surface area contributed by atoms with Crippen LogP contribution in [0.2, 0.25) is 0 Å². The molecular weight excluding hydrogens is 253 g/mol. The van der Waals surface area contributed by atoms with E-state index >= 15 is 0 Å². The number of halogens is 1. The first-order chi connectivity index (χ1) is 9.47.